The summed E-state index contributed by atoms with van der Waals surface area (Å²) in [4.78, 5) is 18.3. The number of hydrogen-bond acceptors (Lipinski definition) is 5. The average molecular weight is 509 g/mol. The number of hydrogen-bond donors (Lipinski definition) is 2. The van der Waals surface area contributed by atoms with Crippen LogP contribution in [0.5, 0.6) is 5.75 Å². The fourth-order valence-electron chi connectivity index (χ4n) is 4.98. The molecule has 4 aromatic rings. The molecule has 9 heteroatoms. The van der Waals surface area contributed by atoms with E-state index in [2.05, 4.69) is 39.4 Å². The zero-order valence-electron chi connectivity index (χ0n) is 19.6. The molecule has 0 atom stereocenters. The highest BCUT2D eigenvalue weighted by atomic mass is 32.1. The number of phenolic OH excluding ortho intramolecular Hbond substituents is 1. The third kappa shape index (κ3) is 4.59. The van der Waals surface area contributed by atoms with E-state index in [9.17, 15) is 18.7 Å². The minimum absolute atomic E-state index is 0.138. The largest absolute Gasteiger partial charge is 0.503 e. The Balaban J connectivity index is 1.06. The molecule has 2 saturated carbocycles. The summed E-state index contributed by atoms with van der Waals surface area (Å²) in [5, 5.41) is 19.0. The summed E-state index contributed by atoms with van der Waals surface area (Å²) >= 11 is 1.78. The number of nitrogens with one attached hydrogen (secondary N) is 1. The summed E-state index contributed by atoms with van der Waals surface area (Å²) in [7, 11) is 0. The number of aromatic hydroxyl groups is 1. The predicted octanol–water partition coefficient (Wildman–Crippen LogP) is 6.18. The van der Waals surface area contributed by atoms with Gasteiger partial charge in [0.1, 0.15) is 5.01 Å². The van der Waals surface area contributed by atoms with Gasteiger partial charge in [0.25, 0.3) is 5.91 Å². The molecule has 2 aromatic carbocycles. The lowest BCUT2D eigenvalue weighted by Gasteiger charge is -2.28. The number of carbonyl (C=O) groups is 1. The highest BCUT2D eigenvalue weighted by Gasteiger charge is 2.26. The van der Waals surface area contributed by atoms with Crippen molar-refractivity contribution >= 4 is 28.1 Å². The molecular weight excluding hydrogens is 482 g/mol. The maximum Gasteiger partial charge on any atom is 0.251 e. The lowest BCUT2D eigenvalue weighted by molar-refractivity contribution is 0.0940. The molecule has 0 unspecified atom stereocenters. The molecule has 1 amide bonds. The average Bonchev–Trinajstić information content (AvgIpc) is 3.45. The van der Waals surface area contributed by atoms with Crippen molar-refractivity contribution in [3.63, 3.8) is 0 Å². The summed E-state index contributed by atoms with van der Waals surface area (Å²) in [6, 6.07) is 8.35. The Morgan fingerprint density at radius 2 is 1.83 bits per heavy atom. The fourth-order valence-corrected chi connectivity index (χ4v) is 6.06. The van der Waals surface area contributed by atoms with Crippen LogP contribution >= 0.6 is 11.3 Å². The van der Waals surface area contributed by atoms with Gasteiger partial charge in [0, 0.05) is 40.3 Å². The van der Waals surface area contributed by atoms with E-state index in [4.69, 9.17) is 5.10 Å². The van der Waals surface area contributed by atoms with Crippen LogP contribution in [0.25, 0.3) is 21.5 Å². The molecule has 2 aromatic heterocycles. The maximum absolute atomic E-state index is 13.5. The first-order chi connectivity index (χ1) is 17.4. The monoisotopic (exact) mass is 508 g/mol. The first-order valence-corrected chi connectivity index (χ1v) is 13.2. The van der Waals surface area contributed by atoms with Gasteiger partial charge in [-0.25, -0.2) is 13.8 Å². The summed E-state index contributed by atoms with van der Waals surface area (Å²) in [5.74, 6) is -2.91. The minimum atomic E-state index is -1.14. The Labute approximate surface area is 211 Å². The van der Waals surface area contributed by atoms with Gasteiger partial charge in [-0.2, -0.15) is 5.10 Å². The van der Waals surface area contributed by atoms with Crippen LogP contribution in [0.15, 0.2) is 42.7 Å². The number of nitrogens with zero attached hydrogens (tertiary/aromatic N) is 3. The molecule has 6 nitrogen and oxygen atoms in total. The zero-order valence-corrected chi connectivity index (χ0v) is 20.4. The first kappa shape index (κ1) is 23.1. The Kier molecular flexibility index (Phi) is 5.95. The van der Waals surface area contributed by atoms with E-state index in [0.29, 0.717) is 24.4 Å². The van der Waals surface area contributed by atoms with Gasteiger partial charge in [-0.1, -0.05) is 12.1 Å². The van der Waals surface area contributed by atoms with Gasteiger partial charge in [0.05, 0.1) is 11.6 Å². The second kappa shape index (κ2) is 9.28. The van der Waals surface area contributed by atoms with E-state index >= 15 is 0 Å². The number of phenols is 1. The summed E-state index contributed by atoms with van der Waals surface area (Å²) < 4.78 is 29.1. The van der Waals surface area contributed by atoms with E-state index in [-0.39, 0.29) is 5.56 Å². The number of aromatic nitrogens is 3. The predicted molar refractivity (Wildman–Crippen MR) is 134 cm³/mol. The van der Waals surface area contributed by atoms with Gasteiger partial charge >= 0.3 is 0 Å². The van der Waals surface area contributed by atoms with E-state index in [1.165, 1.54) is 17.7 Å². The third-order valence-corrected chi connectivity index (χ3v) is 8.50. The Morgan fingerprint density at radius 1 is 1.08 bits per heavy atom. The van der Waals surface area contributed by atoms with Crippen LogP contribution in [0.1, 0.15) is 65.7 Å². The molecule has 2 heterocycles. The summed E-state index contributed by atoms with van der Waals surface area (Å²) in [5.41, 5.74) is 1.94. The van der Waals surface area contributed by atoms with Crippen molar-refractivity contribution in [2.75, 3.05) is 6.54 Å². The van der Waals surface area contributed by atoms with E-state index < -0.39 is 23.3 Å². The van der Waals surface area contributed by atoms with E-state index in [1.807, 2.05) is 6.20 Å². The highest BCUT2D eigenvalue weighted by Crippen LogP contribution is 2.44. The number of thiazole rings is 1. The molecule has 0 aliphatic heterocycles. The standard InChI is InChI=1S/C27H26F2N4O2S/c28-21-9-19(10-22(29)25(21)34)26(35)30-12-15-1-7-20(8-2-15)33-14-18-6-5-17(11-23(18)32-33)27-31-13-24(36-27)16-3-4-16/h5-6,9-11,13-16,20,34H,1-4,7-8,12H2,(H,30,35)/t15-,20-. The zero-order chi connectivity index (χ0) is 24.8. The van der Waals surface area contributed by atoms with Gasteiger partial charge in [-0.3, -0.25) is 9.48 Å². The van der Waals surface area contributed by atoms with Crippen molar-refractivity contribution < 1.29 is 18.7 Å². The van der Waals surface area contributed by atoms with Crippen molar-refractivity contribution in [1.82, 2.24) is 20.1 Å². The van der Waals surface area contributed by atoms with Crippen LogP contribution in [0, 0.1) is 17.6 Å². The van der Waals surface area contributed by atoms with Crippen molar-refractivity contribution in [3.8, 4) is 16.3 Å². The summed E-state index contributed by atoms with van der Waals surface area (Å²) in [6.45, 7) is 0.441. The maximum atomic E-state index is 13.5. The second-order valence-electron chi connectivity index (χ2n) is 9.90. The highest BCUT2D eigenvalue weighted by molar-refractivity contribution is 7.15. The van der Waals surface area contributed by atoms with Gasteiger partial charge in [-0.05, 0) is 68.6 Å². The van der Waals surface area contributed by atoms with Crippen LogP contribution in [0.3, 0.4) is 0 Å². The lowest BCUT2D eigenvalue weighted by Crippen LogP contribution is -2.31. The molecule has 2 aliphatic rings. The molecule has 2 fully saturated rings. The van der Waals surface area contributed by atoms with Gasteiger partial charge in [0.15, 0.2) is 17.4 Å². The van der Waals surface area contributed by atoms with Gasteiger partial charge in [0.2, 0.25) is 0 Å². The molecule has 0 saturated heterocycles. The fraction of sp³-hybridized carbons (Fsp3) is 0.370. The molecule has 36 heavy (non-hydrogen) atoms. The van der Waals surface area contributed by atoms with Crippen LogP contribution in [0.2, 0.25) is 0 Å². The SMILES string of the molecule is O=C(NC[C@H]1CC[C@H](n2cc3ccc(-c4ncc(C5CC5)s4)cc3n2)CC1)c1cc(F)c(O)c(F)c1. The quantitative estimate of drug-likeness (QED) is 0.326. The van der Waals surface area contributed by atoms with Crippen LogP contribution in [0.4, 0.5) is 8.78 Å². The van der Waals surface area contributed by atoms with E-state index in [1.54, 1.807) is 11.3 Å². The number of benzene rings is 2. The number of amides is 1. The Bertz CT molecular complexity index is 1410. The Hall–Kier alpha value is -3.33. The van der Waals surface area contributed by atoms with Crippen LogP contribution in [-0.4, -0.2) is 32.3 Å². The van der Waals surface area contributed by atoms with Crippen LogP contribution < -0.4 is 5.32 Å². The van der Waals surface area contributed by atoms with Crippen molar-refractivity contribution in [1.29, 1.82) is 0 Å². The molecule has 186 valence electrons. The molecule has 0 spiro atoms. The number of carbonyl (C=O) groups excluding carboxylic acids is 1. The molecule has 6 rings (SSSR count). The second-order valence-corrected chi connectivity index (χ2v) is 11.0. The normalized spacial score (nSPS) is 20.1. The lowest BCUT2D eigenvalue weighted by atomic mass is 9.86. The molecule has 2 N–H and O–H groups in total. The topological polar surface area (TPSA) is 80.0 Å². The van der Waals surface area contributed by atoms with Crippen molar-refractivity contribution in [2.45, 2.75) is 50.5 Å². The minimum Gasteiger partial charge on any atom is -0.503 e. The molecule has 0 radical (unpaired) electrons. The molecule has 2 aliphatic carbocycles. The third-order valence-electron chi connectivity index (χ3n) is 7.30. The van der Waals surface area contributed by atoms with Crippen molar-refractivity contribution in [2.24, 2.45) is 5.92 Å². The number of fused-ring (bicyclic) bond motifs is 1. The Morgan fingerprint density at radius 3 is 2.56 bits per heavy atom. The van der Waals surface area contributed by atoms with E-state index in [0.717, 1.165) is 59.3 Å². The van der Waals surface area contributed by atoms with Gasteiger partial charge < -0.3 is 10.4 Å². The summed E-state index contributed by atoms with van der Waals surface area (Å²) in [6.07, 6.45) is 10.4. The van der Waals surface area contributed by atoms with Crippen molar-refractivity contribution in [3.05, 3.63) is 64.8 Å². The molecular formula is C27H26F2N4O2S. The number of halogens is 2. The van der Waals surface area contributed by atoms with Gasteiger partial charge in [-0.15, -0.1) is 11.3 Å². The number of rotatable bonds is 6. The smallest absolute Gasteiger partial charge is 0.251 e. The molecule has 0 bridgehead atoms. The first-order valence-electron chi connectivity index (χ1n) is 12.4. The van der Waals surface area contributed by atoms with Crippen LogP contribution in [-0.2, 0) is 0 Å².